The molecule has 2 aromatic rings. The number of benzene rings is 2. The van der Waals surface area contributed by atoms with E-state index in [1.54, 1.807) is 18.2 Å². The number of carboxylic acids is 1. The second kappa shape index (κ2) is 5.02. The van der Waals surface area contributed by atoms with Gasteiger partial charge in [0.2, 0.25) is 0 Å². The normalized spacial score (nSPS) is 11.1. The Morgan fingerprint density at radius 1 is 1.11 bits per heavy atom. The fourth-order valence-electron chi connectivity index (χ4n) is 1.84. The molecular formula is C13H10NNaO3. The summed E-state index contributed by atoms with van der Waals surface area (Å²) < 4.78 is 5.64. The van der Waals surface area contributed by atoms with Crippen LogP contribution in [0.1, 0.15) is 11.8 Å². The van der Waals surface area contributed by atoms with Crippen LogP contribution in [0.3, 0.4) is 0 Å². The van der Waals surface area contributed by atoms with Gasteiger partial charge in [-0.2, -0.15) is 0 Å². The zero-order valence-electron chi connectivity index (χ0n) is 10.8. The average molecular weight is 251 g/mol. The van der Waals surface area contributed by atoms with E-state index in [2.05, 4.69) is 5.32 Å². The van der Waals surface area contributed by atoms with E-state index in [1.165, 1.54) is 0 Å². The number of carbonyl (C=O) groups is 1. The fraction of sp³-hybridized carbons (Fsp3) is 0. The van der Waals surface area contributed by atoms with Crippen molar-refractivity contribution in [2.24, 2.45) is 0 Å². The number of hydrogen-bond donors (Lipinski definition) is 2. The van der Waals surface area contributed by atoms with Gasteiger partial charge in [-0.05, 0) is 24.3 Å². The summed E-state index contributed by atoms with van der Waals surface area (Å²) in [5, 5.41) is 12.2. The summed E-state index contributed by atoms with van der Waals surface area (Å²) >= 11 is 0. The topological polar surface area (TPSA) is 58.6 Å². The third-order valence-corrected chi connectivity index (χ3v) is 2.62. The van der Waals surface area contributed by atoms with Gasteiger partial charge in [0.25, 0.3) is 0 Å². The molecule has 0 saturated heterocycles. The maximum absolute atomic E-state index is 11.1. The van der Waals surface area contributed by atoms with Crippen LogP contribution in [0.2, 0.25) is 0 Å². The number of ether oxygens (including phenoxy) is 1. The van der Waals surface area contributed by atoms with E-state index < -0.39 is 5.97 Å². The van der Waals surface area contributed by atoms with Gasteiger partial charge in [-0.1, -0.05) is 18.2 Å². The summed E-state index contributed by atoms with van der Waals surface area (Å²) in [6.07, 6.45) is 0. The van der Waals surface area contributed by atoms with Crippen molar-refractivity contribution < 1.29 is 45.6 Å². The molecule has 0 radical (unpaired) electrons. The largest absolute Gasteiger partial charge is 1.00 e. The van der Waals surface area contributed by atoms with Crippen molar-refractivity contribution in [1.82, 2.24) is 0 Å². The Bertz CT molecular complexity index is 619. The molecule has 0 atom stereocenters. The summed E-state index contributed by atoms with van der Waals surface area (Å²) in [4.78, 5) is 11.1. The minimum atomic E-state index is -0.975. The second-order valence-electron chi connectivity index (χ2n) is 3.71. The molecular weight excluding hydrogens is 241 g/mol. The minimum Gasteiger partial charge on any atom is -1.00 e. The monoisotopic (exact) mass is 251 g/mol. The fourth-order valence-corrected chi connectivity index (χ4v) is 1.84. The first-order valence-corrected chi connectivity index (χ1v) is 5.16. The van der Waals surface area contributed by atoms with Gasteiger partial charge in [0, 0.05) is 0 Å². The Kier molecular flexibility index (Phi) is 3.61. The van der Waals surface area contributed by atoms with Crippen LogP contribution >= 0.6 is 0 Å². The molecule has 5 heteroatoms. The van der Waals surface area contributed by atoms with Gasteiger partial charge < -0.3 is 16.6 Å². The first-order valence-electron chi connectivity index (χ1n) is 5.16. The van der Waals surface area contributed by atoms with E-state index in [0.717, 1.165) is 5.69 Å². The predicted octanol–water partition coefficient (Wildman–Crippen LogP) is 0.351. The van der Waals surface area contributed by atoms with E-state index in [9.17, 15) is 4.79 Å². The molecule has 0 aromatic heterocycles. The van der Waals surface area contributed by atoms with Gasteiger partial charge in [0.1, 0.15) is 0 Å². The number of rotatable bonds is 1. The first kappa shape index (κ1) is 13.0. The molecule has 3 rings (SSSR count). The molecule has 0 unspecified atom stereocenters. The number of para-hydroxylation sites is 3. The molecule has 2 aromatic carbocycles. The van der Waals surface area contributed by atoms with Crippen molar-refractivity contribution in [2.75, 3.05) is 5.32 Å². The van der Waals surface area contributed by atoms with Gasteiger partial charge in [0.15, 0.2) is 11.5 Å². The SMILES string of the molecule is O=C(O)c1cccc2c1Nc1ccccc1O2.[H-].[Na+]. The van der Waals surface area contributed by atoms with Crippen LogP contribution in [0.25, 0.3) is 0 Å². The molecule has 18 heavy (non-hydrogen) atoms. The Labute approximate surface area is 127 Å². The number of anilines is 2. The maximum Gasteiger partial charge on any atom is 1.00 e. The van der Waals surface area contributed by atoms with Crippen molar-refractivity contribution in [1.29, 1.82) is 0 Å². The number of carboxylic acid groups (broad SMARTS) is 1. The zero-order valence-corrected chi connectivity index (χ0v) is 11.8. The van der Waals surface area contributed by atoms with Gasteiger partial charge in [-0.3, -0.25) is 0 Å². The Hall–Kier alpha value is -1.49. The first-order chi connectivity index (χ1) is 8.25. The Morgan fingerprint density at radius 2 is 1.83 bits per heavy atom. The van der Waals surface area contributed by atoms with E-state index in [0.29, 0.717) is 17.2 Å². The molecule has 0 amide bonds. The quantitative estimate of drug-likeness (QED) is 0.613. The van der Waals surface area contributed by atoms with Crippen molar-refractivity contribution in [3.63, 3.8) is 0 Å². The summed E-state index contributed by atoms with van der Waals surface area (Å²) in [7, 11) is 0. The summed E-state index contributed by atoms with van der Waals surface area (Å²) in [6.45, 7) is 0. The zero-order chi connectivity index (χ0) is 11.8. The summed E-state index contributed by atoms with van der Waals surface area (Å²) in [5.41, 5.74) is 1.48. The van der Waals surface area contributed by atoms with Crippen LogP contribution in [0, 0.1) is 0 Å². The summed E-state index contributed by atoms with van der Waals surface area (Å²) in [6, 6.07) is 12.4. The van der Waals surface area contributed by atoms with E-state index in [4.69, 9.17) is 9.84 Å². The molecule has 0 saturated carbocycles. The molecule has 1 heterocycles. The molecule has 0 aliphatic carbocycles. The van der Waals surface area contributed by atoms with Crippen LogP contribution in [-0.2, 0) is 0 Å². The van der Waals surface area contributed by atoms with Crippen LogP contribution < -0.4 is 39.6 Å². The third kappa shape index (κ3) is 2.10. The molecule has 0 bridgehead atoms. The van der Waals surface area contributed by atoms with Crippen LogP contribution in [0.5, 0.6) is 11.5 Å². The predicted molar refractivity (Wildman–Crippen MR) is 64.3 cm³/mol. The van der Waals surface area contributed by atoms with Gasteiger partial charge in [-0.15, -0.1) is 0 Å². The molecule has 1 aliphatic heterocycles. The molecule has 0 fully saturated rings. The number of aromatic carboxylic acids is 1. The Morgan fingerprint density at radius 3 is 2.61 bits per heavy atom. The van der Waals surface area contributed by atoms with Crippen LogP contribution in [0.4, 0.5) is 11.4 Å². The maximum atomic E-state index is 11.1. The van der Waals surface area contributed by atoms with Crippen LogP contribution in [0.15, 0.2) is 42.5 Å². The van der Waals surface area contributed by atoms with Crippen molar-refractivity contribution in [3.05, 3.63) is 48.0 Å². The van der Waals surface area contributed by atoms with E-state index in [-0.39, 0.29) is 36.5 Å². The van der Waals surface area contributed by atoms with E-state index in [1.807, 2.05) is 24.3 Å². The van der Waals surface area contributed by atoms with Gasteiger partial charge >= 0.3 is 35.5 Å². The number of nitrogens with one attached hydrogen (secondary N) is 1. The minimum absolute atomic E-state index is 0. The molecule has 86 valence electrons. The average Bonchev–Trinajstić information content (AvgIpc) is 2.35. The number of hydrogen-bond acceptors (Lipinski definition) is 3. The summed E-state index contributed by atoms with van der Waals surface area (Å²) in [5.74, 6) is 0.253. The Balaban J connectivity index is 0.000000902. The standard InChI is InChI=1S/C13H9NO3.Na.H/c15-13(16)8-4-3-7-11-12(8)14-9-5-1-2-6-10(9)17-11;;/h1-7,14H,(H,15,16);;/q;+1;-1. The smallest absolute Gasteiger partial charge is 1.00 e. The third-order valence-electron chi connectivity index (χ3n) is 2.62. The van der Waals surface area contributed by atoms with E-state index >= 15 is 0 Å². The van der Waals surface area contributed by atoms with Crippen molar-refractivity contribution >= 4 is 17.3 Å². The van der Waals surface area contributed by atoms with Gasteiger partial charge in [0.05, 0.1) is 16.9 Å². The van der Waals surface area contributed by atoms with Gasteiger partial charge in [-0.25, -0.2) is 4.79 Å². The molecule has 0 spiro atoms. The van der Waals surface area contributed by atoms with Crippen LogP contribution in [-0.4, -0.2) is 11.1 Å². The van der Waals surface area contributed by atoms with Crippen molar-refractivity contribution in [2.45, 2.75) is 0 Å². The second-order valence-corrected chi connectivity index (χ2v) is 3.71. The number of fused-ring (bicyclic) bond motifs is 2. The molecule has 4 nitrogen and oxygen atoms in total. The molecule has 1 aliphatic rings. The molecule has 2 N–H and O–H groups in total. The van der Waals surface area contributed by atoms with Crippen molar-refractivity contribution in [3.8, 4) is 11.5 Å².